The molecule has 1 heterocycles. The summed E-state index contributed by atoms with van der Waals surface area (Å²) < 4.78 is 38.3. The number of methoxy groups -OCH3 is 1. The Morgan fingerprint density at radius 1 is 1.00 bits per heavy atom. The highest BCUT2D eigenvalue weighted by molar-refractivity contribution is 6.00. The molecule has 0 radical (unpaired) electrons. The van der Waals surface area contributed by atoms with E-state index in [2.05, 4.69) is 29.2 Å². The van der Waals surface area contributed by atoms with E-state index >= 15 is 0 Å². The van der Waals surface area contributed by atoms with Crippen molar-refractivity contribution in [3.8, 4) is 11.5 Å². The minimum atomic E-state index is -0.369. The summed E-state index contributed by atoms with van der Waals surface area (Å²) in [6, 6.07) is 19.5. The molecule has 1 fully saturated rings. The normalized spacial score (nSPS) is 18.0. The molecule has 1 aliphatic carbocycles. The summed E-state index contributed by atoms with van der Waals surface area (Å²) in [5.74, 6) is 0.705. The van der Waals surface area contributed by atoms with Crippen LogP contribution in [0.2, 0.25) is 0 Å². The molecule has 0 unspecified atom stereocenters. The van der Waals surface area contributed by atoms with Crippen LogP contribution in [0.3, 0.4) is 0 Å². The van der Waals surface area contributed by atoms with Gasteiger partial charge in [-0.25, -0.2) is 4.39 Å². The number of nitrogens with two attached hydrogens (primary N) is 1. The Morgan fingerprint density at radius 3 is 2.59 bits per heavy atom. The smallest absolute Gasteiger partial charge is 0.165 e. The standard InChI is InChI=1S/C31H34F2N2O2/c1-36-30-19-23(8-13-29(30)33)27-5-2-4-22-18-24(34)9-12-28(22)31(27)21-6-10-25(11-7-21)37-26-14-17-35(20-26)16-3-15-32/h6-13,18-19,26H,2-5,14-17,20,34H2,1H3/t26-/m0/s1. The van der Waals surface area contributed by atoms with Gasteiger partial charge in [0.1, 0.15) is 11.9 Å². The molecule has 194 valence electrons. The molecular formula is C31H34F2N2O2. The summed E-state index contributed by atoms with van der Waals surface area (Å²) >= 11 is 0. The molecule has 6 heteroatoms. The Labute approximate surface area is 217 Å². The number of nitrogen functional groups attached to an aromatic ring is 1. The van der Waals surface area contributed by atoms with Crippen LogP contribution < -0.4 is 15.2 Å². The third-order valence-electron chi connectivity index (χ3n) is 7.36. The molecule has 1 atom stereocenters. The van der Waals surface area contributed by atoms with Crippen molar-refractivity contribution in [3.05, 3.63) is 88.7 Å². The first kappa shape index (κ1) is 25.3. The molecule has 2 aliphatic rings. The molecule has 4 nitrogen and oxygen atoms in total. The number of nitrogens with zero attached hydrogens (tertiary/aromatic N) is 1. The van der Waals surface area contributed by atoms with Crippen molar-refractivity contribution >= 4 is 16.8 Å². The fourth-order valence-electron chi connectivity index (χ4n) is 5.55. The van der Waals surface area contributed by atoms with Gasteiger partial charge >= 0.3 is 0 Å². The Hall–Kier alpha value is -3.38. The Bertz CT molecular complexity index is 1270. The number of allylic oxidation sites excluding steroid dienone is 1. The quantitative estimate of drug-likeness (QED) is 0.355. The lowest BCUT2D eigenvalue weighted by molar-refractivity contribution is 0.198. The zero-order valence-electron chi connectivity index (χ0n) is 21.3. The largest absolute Gasteiger partial charge is 0.494 e. The number of benzene rings is 3. The molecule has 0 aromatic heterocycles. The molecule has 2 N–H and O–H groups in total. The first-order valence-electron chi connectivity index (χ1n) is 13.1. The van der Waals surface area contributed by atoms with Crippen molar-refractivity contribution < 1.29 is 18.3 Å². The third kappa shape index (κ3) is 5.64. The average molecular weight is 505 g/mol. The Kier molecular flexibility index (Phi) is 7.75. The van der Waals surface area contributed by atoms with Gasteiger partial charge in [0.25, 0.3) is 0 Å². The summed E-state index contributed by atoms with van der Waals surface area (Å²) in [5, 5.41) is 0. The first-order chi connectivity index (χ1) is 18.1. The molecule has 37 heavy (non-hydrogen) atoms. The highest BCUT2D eigenvalue weighted by Gasteiger charge is 2.24. The minimum Gasteiger partial charge on any atom is -0.494 e. The van der Waals surface area contributed by atoms with Gasteiger partial charge in [0.2, 0.25) is 0 Å². The number of rotatable bonds is 8. The van der Waals surface area contributed by atoms with E-state index < -0.39 is 0 Å². The van der Waals surface area contributed by atoms with Gasteiger partial charge in [-0.1, -0.05) is 24.3 Å². The van der Waals surface area contributed by atoms with Crippen molar-refractivity contribution in [2.45, 2.75) is 38.2 Å². The van der Waals surface area contributed by atoms with E-state index in [0.717, 1.165) is 84.6 Å². The van der Waals surface area contributed by atoms with Crippen LogP contribution in [0.5, 0.6) is 11.5 Å². The van der Waals surface area contributed by atoms with Gasteiger partial charge in [-0.15, -0.1) is 0 Å². The van der Waals surface area contributed by atoms with Crippen molar-refractivity contribution in [3.63, 3.8) is 0 Å². The van der Waals surface area contributed by atoms with Gasteiger partial charge in [-0.05, 0) is 102 Å². The highest BCUT2D eigenvalue weighted by Crippen LogP contribution is 2.41. The van der Waals surface area contributed by atoms with E-state index in [4.69, 9.17) is 15.2 Å². The third-order valence-corrected chi connectivity index (χ3v) is 7.36. The molecule has 0 spiro atoms. The number of hydrogen-bond acceptors (Lipinski definition) is 4. The molecular weight excluding hydrogens is 470 g/mol. The molecule has 0 saturated carbocycles. The molecule has 0 amide bonds. The van der Waals surface area contributed by atoms with Crippen LogP contribution in [0, 0.1) is 5.82 Å². The Morgan fingerprint density at radius 2 is 1.81 bits per heavy atom. The van der Waals surface area contributed by atoms with E-state index in [1.165, 1.54) is 18.7 Å². The molecule has 3 aromatic carbocycles. The van der Waals surface area contributed by atoms with E-state index in [1.807, 2.05) is 24.3 Å². The number of halogens is 2. The average Bonchev–Trinajstić information content (AvgIpc) is 3.27. The fraction of sp³-hybridized carbons (Fsp3) is 0.355. The van der Waals surface area contributed by atoms with Crippen LogP contribution in [0.4, 0.5) is 14.5 Å². The van der Waals surface area contributed by atoms with Crippen LogP contribution >= 0.6 is 0 Å². The lowest BCUT2D eigenvalue weighted by atomic mass is 9.87. The maximum atomic E-state index is 14.2. The summed E-state index contributed by atoms with van der Waals surface area (Å²) in [6.07, 6.45) is 4.39. The summed E-state index contributed by atoms with van der Waals surface area (Å²) in [6.45, 7) is 2.28. The number of hydrogen-bond donors (Lipinski definition) is 1. The van der Waals surface area contributed by atoms with Crippen LogP contribution in [0.25, 0.3) is 11.1 Å². The fourth-order valence-corrected chi connectivity index (χ4v) is 5.55. The zero-order chi connectivity index (χ0) is 25.8. The number of ether oxygens (including phenoxy) is 2. The zero-order valence-corrected chi connectivity index (χ0v) is 21.3. The second-order valence-electron chi connectivity index (χ2n) is 9.87. The lowest BCUT2D eigenvalue weighted by Crippen LogP contribution is -2.26. The van der Waals surface area contributed by atoms with Gasteiger partial charge in [0.15, 0.2) is 11.6 Å². The molecule has 3 aromatic rings. The van der Waals surface area contributed by atoms with E-state index in [1.54, 1.807) is 6.07 Å². The highest BCUT2D eigenvalue weighted by atomic mass is 19.1. The second kappa shape index (κ2) is 11.3. The number of likely N-dealkylation sites (tertiary alicyclic amines) is 1. The van der Waals surface area contributed by atoms with Crippen LogP contribution in [-0.4, -0.2) is 44.4 Å². The van der Waals surface area contributed by atoms with Crippen molar-refractivity contribution in [2.75, 3.05) is 39.2 Å². The lowest BCUT2D eigenvalue weighted by Gasteiger charge is -2.19. The SMILES string of the molecule is COc1cc(C2=C(c3ccc(O[C@H]4CCN(CCCF)C4)cc3)c3ccc(N)cc3CCC2)ccc1F. The maximum absolute atomic E-state index is 14.2. The second-order valence-corrected chi connectivity index (χ2v) is 9.87. The van der Waals surface area contributed by atoms with Crippen molar-refractivity contribution in [1.29, 1.82) is 0 Å². The molecule has 1 aliphatic heterocycles. The predicted molar refractivity (Wildman–Crippen MR) is 145 cm³/mol. The van der Waals surface area contributed by atoms with Crippen molar-refractivity contribution in [2.24, 2.45) is 0 Å². The van der Waals surface area contributed by atoms with Crippen molar-refractivity contribution in [1.82, 2.24) is 4.90 Å². The summed E-state index contributed by atoms with van der Waals surface area (Å²) in [4.78, 5) is 2.26. The van der Waals surface area contributed by atoms with E-state index in [9.17, 15) is 8.78 Å². The first-order valence-corrected chi connectivity index (χ1v) is 13.1. The topological polar surface area (TPSA) is 47.7 Å². The van der Waals surface area contributed by atoms with Crippen LogP contribution in [-0.2, 0) is 6.42 Å². The van der Waals surface area contributed by atoms with Crippen LogP contribution in [0.1, 0.15) is 47.9 Å². The number of fused-ring (bicyclic) bond motifs is 1. The number of alkyl halides is 1. The minimum absolute atomic E-state index is 0.119. The molecule has 5 rings (SSSR count). The monoisotopic (exact) mass is 504 g/mol. The summed E-state index contributed by atoms with van der Waals surface area (Å²) in [5.41, 5.74) is 13.6. The Balaban J connectivity index is 1.49. The summed E-state index contributed by atoms with van der Waals surface area (Å²) in [7, 11) is 1.49. The molecule has 0 bridgehead atoms. The van der Waals surface area contributed by atoms with Gasteiger partial charge < -0.3 is 15.2 Å². The van der Waals surface area contributed by atoms with Crippen LogP contribution in [0.15, 0.2) is 60.7 Å². The van der Waals surface area contributed by atoms with Gasteiger partial charge in [0, 0.05) is 25.3 Å². The number of aryl methyl sites for hydroxylation is 1. The van der Waals surface area contributed by atoms with E-state index in [0.29, 0.717) is 6.42 Å². The van der Waals surface area contributed by atoms with Gasteiger partial charge in [0.05, 0.1) is 13.8 Å². The maximum Gasteiger partial charge on any atom is 0.165 e. The number of anilines is 1. The van der Waals surface area contributed by atoms with E-state index in [-0.39, 0.29) is 24.3 Å². The van der Waals surface area contributed by atoms with Gasteiger partial charge in [-0.3, -0.25) is 9.29 Å². The van der Waals surface area contributed by atoms with Gasteiger partial charge in [-0.2, -0.15) is 0 Å². The predicted octanol–water partition coefficient (Wildman–Crippen LogP) is 6.52. The molecule has 1 saturated heterocycles.